The maximum atomic E-state index is 6.03. The molecule has 1 saturated heterocycles. The van der Waals surface area contributed by atoms with Crippen LogP contribution in [0, 0.1) is 0 Å². The van der Waals surface area contributed by atoms with Crippen molar-refractivity contribution in [1.82, 2.24) is 5.32 Å². The molecule has 1 aliphatic heterocycles. The first kappa shape index (κ1) is 15.5. The highest BCUT2D eigenvalue weighted by Gasteiger charge is 2.37. The van der Waals surface area contributed by atoms with Crippen molar-refractivity contribution in [2.45, 2.75) is 64.5 Å². The highest BCUT2D eigenvalue weighted by molar-refractivity contribution is 5.25. The van der Waals surface area contributed by atoms with Crippen molar-refractivity contribution in [3.63, 3.8) is 0 Å². The van der Waals surface area contributed by atoms with Gasteiger partial charge in [0.25, 0.3) is 0 Å². The van der Waals surface area contributed by atoms with Crippen LogP contribution in [-0.4, -0.2) is 24.8 Å². The molecule has 0 radical (unpaired) electrons. The summed E-state index contributed by atoms with van der Waals surface area (Å²) in [6.07, 6.45) is 3.39. The van der Waals surface area contributed by atoms with Gasteiger partial charge in [-0.25, -0.2) is 0 Å². The minimum Gasteiger partial charge on any atom is -0.374 e. The summed E-state index contributed by atoms with van der Waals surface area (Å²) in [4.78, 5) is 0. The standard InChI is InChI=1S/C18H29NO/c1-5-19-17(18(4)11-6-12-20-18)13-15-7-9-16(10-8-15)14(2)3/h7-10,14,17,19H,5-6,11-13H2,1-4H3. The SMILES string of the molecule is CCNC(Cc1ccc(C(C)C)cc1)C1(C)CCCO1. The van der Waals surface area contributed by atoms with Gasteiger partial charge in [-0.15, -0.1) is 0 Å². The maximum absolute atomic E-state index is 6.03. The maximum Gasteiger partial charge on any atom is 0.0810 e. The molecule has 1 aliphatic rings. The fraction of sp³-hybridized carbons (Fsp3) is 0.667. The zero-order valence-electron chi connectivity index (χ0n) is 13.4. The summed E-state index contributed by atoms with van der Waals surface area (Å²) in [5.74, 6) is 0.601. The van der Waals surface area contributed by atoms with E-state index in [1.807, 2.05) is 0 Å². The lowest BCUT2D eigenvalue weighted by molar-refractivity contribution is -0.0110. The summed E-state index contributed by atoms with van der Waals surface area (Å²) < 4.78 is 6.03. The molecule has 2 heteroatoms. The van der Waals surface area contributed by atoms with E-state index in [2.05, 4.69) is 57.3 Å². The van der Waals surface area contributed by atoms with Crippen molar-refractivity contribution < 1.29 is 4.74 Å². The number of benzene rings is 1. The molecule has 1 heterocycles. The largest absolute Gasteiger partial charge is 0.374 e. The number of hydrogen-bond donors (Lipinski definition) is 1. The normalized spacial score (nSPS) is 24.2. The van der Waals surface area contributed by atoms with E-state index in [1.165, 1.54) is 17.5 Å². The molecule has 0 aromatic heterocycles. The molecule has 1 aromatic carbocycles. The van der Waals surface area contributed by atoms with Gasteiger partial charge in [0.15, 0.2) is 0 Å². The number of rotatable bonds is 6. The van der Waals surface area contributed by atoms with Gasteiger partial charge in [-0.3, -0.25) is 0 Å². The highest BCUT2D eigenvalue weighted by atomic mass is 16.5. The van der Waals surface area contributed by atoms with Crippen LogP contribution in [0.1, 0.15) is 57.6 Å². The molecule has 0 spiro atoms. The van der Waals surface area contributed by atoms with E-state index in [9.17, 15) is 0 Å². The summed E-state index contributed by atoms with van der Waals surface area (Å²) in [7, 11) is 0. The minimum atomic E-state index is -0.00721. The monoisotopic (exact) mass is 275 g/mol. The first-order valence-corrected chi connectivity index (χ1v) is 8.01. The van der Waals surface area contributed by atoms with Crippen molar-refractivity contribution >= 4 is 0 Å². The third kappa shape index (κ3) is 3.62. The van der Waals surface area contributed by atoms with Crippen LogP contribution >= 0.6 is 0 Å². The fourth-order valence-electron chi connectivity index (χ4n) is 3.10. The lowest BCUT2D eigenvalue weighted by Crippen LogP contribution is -2.49. The van der Waals surface area contributed by atoms with Crippen molar-refractivity contribution in [1.29, 1.82) is 0 Å². The Bertz CT molecular complexity index is 404. The topological polar surface area (TPSA) is 21.3 Å². The third-order valence-electron chi connectivity index (χ3n) is 4.52. The Labute approximate surface area is 123 Å². The number of ether oxygens (including phenoxy) is 1. The molecule has 112 valence electrons. The molecular formula is C18H29NO. The summed E-state index contributed by atoms with van der Waals surface area (Å²) in [6.45, 7) is 10.8. The van der Waals surface area contributed by atoms with Crippen LogP contribution in [0.5, 0.6) is 0 Å². The molecule has 0 bridgehead atoms. The average molecular weight is 275 g/mol. The molecule has 0 saturated carbocycles. The van der Waals surface area contributed by atoms with Gasteiger partial charge in [-0.2, -0.15) is 0 Å². The molecule has 1 fully saturated rings. The van der Waals surface area contributed by atoms with Crippen LogP contribution in [0.15, 0.2) is 24.3 Å². The Morgan fingerprint density at radius 3 is 2.45 bits per heavy atom. The Morgan fingerprint density at radius 2 is 1.95 bits per heavy atom. The fourth-order valence-corrected chi connectivity index (χ4v) is 3.10. The van der Waals surface area contributed by atoms with Crippen LogP contribution in [-0.2, 0) is 11.2 Å². The summed E-state index contributed by atoms with van der Waals surface area (Å²) in [5.41, 5.74) is 2.81. The van der Waals surface area contributed by atoms with E-state index in [4.69, 9.17) is 4.74 Å². The molecule has 2 nitrogen and oxygen atoms in total. The molecule has 2 rings (SSSR count). The van der Waals surface area contributed by atoms with Gasteiger partial charge >= 0.3 is 0 Å². The third-order valence-corrected chi connectivity index (χ3v) is 4.52. The quantitative estimate of drug-likeness (QED) is 0.850. The minimum absolute atomic E-state index is 0.00721. The lowest BCUT2D eigenvalue weighted by atomic mass is 9.87. The summed E-state index contributed by atoms with van der Waals surface area (Å²) in [6, 6.07) is 9.48. The lowest BCUT2D eigenvalue weighted by Gasteiger charge is -2.34. The van der Waals surface area contributed by atoms with Gasteiger partial charge in [-0.1, -0.05) is 45.0 Å². The summed E-state index contributed by atoms with van der Waals surface area (Å²) >= 11 is 0. The van der Waals surface area contributed by atoms with E-state index in [1.54, 1.807) is 0 Å². The van der Waals surface area contributed by atoms with Crippen molar-refractivity contribution in [3.05, 3.63) is 35.4 Å². The van der Waals surface area contributed by atoms with Crippen LogP contribution < -0.4 is 5.32 Å². The first-order valence-electron chi connectivity index (χ1n) is 8.01. The molecule has 2 unspecified atom stereocenters. The second-order valence-electron chi connectivity index (χ2n) is 6.48. The predicted octanol–water partition coefficient (Wildman–Crippen LogP) is 3.90. The van der Waals surface area contributed by atoms with Crippen molar-refractivity contribution in [3.8, 4) is 0 Å². The van der Waals surface area contributed by atoms with Crippen molar-refractivity contribution in [2.75, 3.05) is 13.2 Å². The smallest absolute Gasteiger partial charge is 0.0810 e. The molecule has 20 heavy (non-hydrogen) atoms. The molecule has 0 aliphatic carbocycles. The van der Waals surface area contributed by atoms with E-state index in [0.717, 1.165) is 26.0 Å². The molecule has 0 amide bonds. The number of likely N-dealkylation sites (N-methyl/N-ethyl adjacent to an activating group) is 1. The predicted molar refractivity (Wildman–Crippen MR) is 85.3 cm³/mol. The van der Waals surface area contributed by atoms with Gasteiger partial charge in [0.1, 0.15) is 0 Å². The van der Waals surface area contributed by atoms with Gasteiger partial charge in [0, 0.05) is 12.6 Å². The summed E-state index contributed by atoms with van der Waals surface area (Å²) in [5, 5.41) is 3.63. The average Bonchev–Trinajstić information content (AvgIpc) is 2.87. The molecule has 1 N–H and O–H groups in total. The second kappa shape index (κ2) is 6.73. The van der Waals surface area contributed by atoms with E-state index in [-0.39, 0.29) is 5.60 Å². The van der Waals surface area contributed by atoms with Crippen LogP contribution in [0.2, 0.25) is 0 Å². The van der Waals surface area contributed by atoms with Crippen LogP contribution in [0.4, 0.5) is 0 Å². The highest BCUT2D eigenvalue weighted by Crippen LogP contribution is 2.30. The van der Waals surface area contributed by atoms with Gasteiger partial charge in [-0.05, 0) is 49.8 Å². The zero-order valence-corrected chi connectivity index (χ0v) is 13.4. The van der Waals surface area contributed by atoms with Gasteiger partial charge < -0.3 is 10.1 Å². The number of hydrogen-bond acceptors (Lipinski definition) is 2. The van der Waals surface area contributed by atoms with Gasteiger partial charge in [0.05, 0.1) is 5.60 Å². The van der Waals surface area contributed by atoms with Crippen LogP contribution in [0.25, 0.3) is 0 Å². The Morgan fingerprint density at radius 1 is 1.25 bits per heavy atom. The van der Waals surface area contributed by atoms with E-state index < -0.39 is 0 Å². The first-order chi connectivity index (χ1) is 9.55. The van der Waals surface area contributed by atoms with E-state index >= 15 is 0 Å². The van der Waals surface area contributed by atoms with Gasteiger partial charge in [0.2, 0.25) is 0 Å². The Hall–Kier alpha value is -0.860. The zero-order chi connectivity index (χ0) is 14.6. The molecule has 2 atom stereocenters. The number of nitrogens with one attached hydrogen (secondary N) is 1. The van der Waals surface area contributed by atoms with E-state index in [0.29, 0.717) is 12.0 Å². The Balaban J connectivity index is 2.07. The van der Waals surface area contributed by atoms with Crippen LogP contribution in [0.3, 0.4) is 0 Å². The Kier molecular flexibility index (Phi) is 5.22. The molecule has 1 aromatic rings. The molecular weight excluding hydrogens is 246 g/mol. The van der Waals surface area contributed by atoms with Crippen molar-refractivity contribution in [2.24, 2.45) is 0 Å². The second-order valence-corrected chi connectivity index (χ2v) is 6.48.